The first-order valence-corrected chi connectivity index (χ1v) is 5.57. The summed E-state index contributed by atoms with van der Waals surface area (Å²) in [5.74, 6) is 1.30. The van der Waals surface area contributed by atoms with E-state index in [0.717, 1.165) is 6.42 Å². The monoisotopic (exact) mass is 207 g/mol. The van der Waals surface area contributed by atoms with E-state index in [4.69, 9.17) is 0 Å². The normalized spacial score (nSPS) is 40.6. The van der Waals surface area contributed by atoms with Crippen LogP contribution in [0.3, 0.4) is 0 Å². The van der Waals surface area contributed by atoms with Gasteiger partial charge in [0.1, 0.15) is 0 Å². The van der Waals surface area contributed by atoms with Gasteiger partial charge in [0, 0.05) is 18.2 Å². The molecule has 15 heavy (non-hydrogen) atoms. The number of imide groups is 1. The summed E-state index contributed by atoms with van der Waals surface area (Å²) in [6.07, 6.45) is 3.70. The first-order chi connectivity index (χ1) is 7.02. The molecular weight excluding hydrogens is 190 g/mol. The molecule has 3 heteroatoms. The molecule has 4 atom stereocenters. The Hall–Kier alpha value is -1.12. The molecule has 0 aromatic rings. The third kappa shape index (κ3) is 1.50. The number of carbonyl (C=O) groups excluding carboxylic acids is 2. The number of hydrogen-bond donors (Lipinski definition) is 0. The van der Waals surface area contributed by atoms with Gasteiger partial charge in [-0.2, -0.15) is 0 Å². The molecule has 0 aromatic heterocycles. The number of amides is 2. The van der Waals surface area contributed by atoms with Crippen LogP contribution in [0.1, 0.15) is 27.2 Å². The van der Waals surface area contributed by atoms with E-state index in [1.807, 2.05) is 0 Å². The van der Waals surface area contributed by atoms with E-state index in [-0.39, 0.29) is 17.9 Å². The first kappa shape index (κ1) is 10.4. The van der Waals surface area contributed by atoms with Gasteiger partial charge in [0.2, 0.25) is 0 Å². The third-order valence-electron chi connectivity index (χ3n) is 4.12. The van der Waals surface area contributed by atoms with Crippen molar-refractivity contribution in [2.45, 2.75) is 33.2 Å². The summed E-state index contributed by atoms with van der Waals surface area (Å²) >= 11 is 0. The van der Waals surface area contributed by atoms with Gasteiger partial charge >= 0.3 is 0 Å². The van der Waals surface area contributed by atoms with Gasteiger partial charge in [-0.3, -0.25) is 14.5 Å². The molecule has 0 N–H and O–H groups in total. The lowest BCUT2D eigenvalue weighted by Crippen LogP contribution is -2.42. The molecule has 2 rings (SSSR count). The first-order valence-electron chi connectivity index (χ1n) is 5.57. The highest BCUT2D eigenvalue weighted by molar-refractivity contribution is 6.13. The fraction of sp³-hybridized carbons (Fsp3) is 0.667. The summed E-state index contributed by atoms with van der Waals surface area (Å²) in [6, 6.07) is 0.102. The highest BCUT2D eigenvalue weighted by Crippen LogP contribution is 2.39. The summed E-state index contributed by atoms with van der Waals surface area (Å²) in [5, 5.41) is 0. The maximum atomic E-state index is 11.5. The van der Waals surface area contributed by atoms with E-state index in [1.165, 1.54) is 17.1 Å². The lowest BCUT2D eigenvalue weighted by Gasteiger charge is -2.26. The zero-order valence-electron chi connectivity index (χ0n) is 9.43. The van der Waals surface area contributed by atoms with Crippen molar-refractivity contribution in [3.05, 3.63) is 12.2 Å². The van der Waals surface area contributed by atoms with Crippen molar-refractivity contribution in [1.82, 2.24) is 4.90 Å². The van der Waals surface area contributed by atoms with Crippen LogP contribution in [-0.2, 0) is 9.59 Å². The molecule has 1 aliphatic carbocycles. The Labute approximate surface area is 90.1 Å². The van der Waals surface area contributed by atoms with E-state index < -0.39 is 0 Å². The fourth-order valence-corrected chi connectivity index (χ4v) is 2.76. The van der Waals surface area contributed by atoms with Gasteiger partial charge in [0.05, 0.1) is 0 Å². The minimum atomic E-state index is -0.141. The quantitative estimate of drug-likeness (QED) is 0.612. The van der Waals surface area contributed by atoms with Crippen LogP contribution in [0.4, 0.5) is 0 Å². The molecule has 0 saturated heterocycles. The predicted molar refractivity (Wildman–Crippen MR) is 56.9 cm³/mol. The Morgan fingerprint density at radius 2 is 1.60 bits per heavy atom. The predicted octanol–water partition coefficient (Wildman–Crippen LogP) is 1.59. The Balaban J connectivity index is 2.19. The zero-order valence-corrected chi connectivity index (χ0v) is 9.43. The Morgan fingerprint density at radius 3 is 2.00 bits per heavy atom. The minimum absolute atomic E-state index is 0.102. The van der Waals surface area contributed by atoms with Crippen LogP contribution < -0.4 is 0 Å². The smallest absolute Gasteiger partial charge is 0.253 e. The lowest BCUT2D eigenvalue weighted by atomic mass is 9.93. The molecule has 1 aliphatic heterocycles. The molecule has 0 bridgehead atoms. The largest absolute Gasteiger partial charge is 0.272 e. The van der Waals surface area contributed by atoms with Gasteiger partial charge in [0.15, 0.2) is 0 Å². The van der Waals surface area contributed by atoms with Crippen LogP contribution in [0.5, 0.6) is 0 Å². The third-order valence-corrected chi connectivity index (χ3v) is 4.12. The minimum Gasteiger partial charge on any atom is -0.272 e. The van der Waals surface area contributed by atoms with Crippen LogP contribution in [0, 0.1) is 17.8 Å². The van der Waals surface area contributed by atoms with Gasteiger partial charge in [0.25, 0.3) is 11.8 Å². The summed E-state index contributed by atoms with van der Waals surface area (Å²) in [5.41, 5.74) is 0. The van der Waals surface area contributed by atoms with Gasteiger partial charge in [-0.15, -0.1) is 0 Å². The number of nitrogens with zero attached hydrogens (tertiary/aromatic N) is 1. The Bertz CT molecular complexity index is 317. The van der Waals surface area contributed by atoms with Crippen LogP contribution >= 0.6 is 0 Å². The van der Waals surface area contributed by atoms with E-state index in [1.54, 1.807) is 0 Å². The van der Waals surface area contributed by atoms with E-state index in [2.05, 4.69) is 20.8 Å². The fourth-order valence-electron chi connectivity index (χ4n) is 2.76. The van der Waals surface area contributed by atoms with Gasteiger partial charge in [-0.1, -0.05) is 20.8 Å². The Kier molecular flexibility index (Phi) is 2.41. The SMILES string of the molecule is CC1C[C@H](N2C(=O)C=CC2=O)[C@H](C)[C@H]1C. The zero-order chi connectivity index (χ0) is 11.2. The van der Waals surface area contributed by atoms with Gasteiger partial charge < -0.3 is 0 Å². The van der Waals surface area contributed by atoms with Crippen molar-refractivity contribution in [2.24, 2.45) is 17.8 Å². The molecule has 0 spiro atoms. The van der Waals surface area contributed by atoms with E-state index in [9.17, 15) is 9.59 Å². The molecule has 2 aliphatic rings. The molecule has 82 valence electrons. The van der Waals surface area contributed by atoms with Gasteiger partial charge in [-0.25, -0.2) is 0 Å². The second-order valence-electron chi connectivity index (χ2n) is 4.88. The van der Waals surface area contributed by atoms with Crippen LogP contribution in [0.25, 0.3) is 0 Å². The van der Waals surface area contributed by atoms with Crippen LogP contribution in [0.15, 0.2) is 12.2 Å². The number of rotatable bonds is 1. The van der Waals surface area contributed by atoms with E-state index >= 15 is 0 Å². The van der Waals surface area contributed by atoms with E-state index in [0.29, 0.717) is 17.8 Å². The molecular formula is C12H17NO2. The molecule has 0 aromatic carbocycles. The summed E-state index contributed by atoms with van der Waals surface area (Å²) in [6.45, 7) is 6.53. The van der Waals surface area contributed by atoms with Crippen LogP contribution in [0.2, 0.25) is 0 Å². The van der Waals surface area contributed by atoms with Crippen molar-refractivity contribution in [1.29, 1.82) is 0 Å². The second-order valence-corrected chi connectivity index (χ2v) is 4.88. The molecule has 2 amide bonds. The molecule has 1 saturated carbocycles. The average molecular weight is 207 g/mol. The molecule has 1 heterocycles. The Morgan fingerprint density at radius 1 is 1.07 bits per heavy atom. The van der Waals surface area contributed by atoms with Crippen LogP contribution in [-0.4, -0.2) is 22.8 Å². The molecule has 1 unspecified atom stereocenters. The second kappa shape index (κ2) is 3.47. The van der Waals surface area contributed by atoms with Gasteiger partial charge in [-0.05, 0) is 24.2 Å². The summed E-state index contributed by atoms with van der Waals surface area (Å²) in [7, 11) is 0. The van der Waals surface area contributed by atoms with Crippen molar-refractivity contribution in [3.8, 4) is 0 Å². The number of carbonyl (C=O) groups is 2. The standard InChI is InChI=1S/C12H17NO2/c1-7-6-10(9(3)8(7)2)13-11(14)4-5-12(13)15/h4-5,7-10H,6H2,1-3H3/t7?,8-,9+,10-/m0/s1. The lowest BCUT2D eigenvalue weighted by molar-refractivity contribution is -0.140. The summed E-state index contributed by atoms with van der Waals surface area (Å²) < 4.78 is 0. The maximum Gasteiger partial charge on any atom is 0.253 e. The van der Waals surface area contributed by atoms with Crippen molar-refractivity contribution >= 4 is 11.8 Å². The van der Waals surface area contributed by atoms with Crippen molar-refractivity contribution < 1.29 is 9.59 Å². The molecule has 1 fully saturated rings. The maximum absolute atomic E-state index is 11.5. The van der Waals surface area contributed by atoms with Crippen molar-refractivity contribution in [2.75, 3.05) is 0 Å². The molecule has 3 nitrogen and oxygen atoms in total. The number of hydrogen-bond acceptors (Lipinski definition) is 2. The highest BCUT2D eigenvalue weighted by Gasteiger charge is 2.43. The summed E-state index contributed by atoms with van der Waals surface area (Å²) in [4.78, 5) is 24.5. The molecule has 0 radical (unpaired) electrons. The van der Waals surface area contributed by atoms with Crippen molar-refractivity contribution in [3.63, 3.8) is 0 Å². The average Bonchev–Trinajstić information content (AvgIpc) is 2.63. The highest BCUT2D eigenvalue weighted by atomic mass is 16.2. The topological polar surface area (TPSA) is 37.4 Å².